The van der Waals surface area contributed by atoms with Crippen molar-refractivity contribution in [2.75, 3.05) is 9.80 Å². The van der Waals surface area contributed by atoms with Crippen molar-refractivity contribution in [3.05, 3.63) is 226 Å². The maximum absolute atomic E-state index is 5.91. The quantitative estimate of drug-likeness (QED) is 0.127. The first kappa shape index (κ1) is 67.3. The number of fused-ring (bicyclic) bond motifs is 10. The molecule has 14 rings (SSSR count). The Morgan fingerprint density at radius 2 is 0.505 bits per heavy atom. The fourth-order valence-corrected chi connectivity index (χ4v) is 14.9. The Morgan fingerprint density at radius 1 is 0.242 bits per heavy atom. The SMILES string of the molecule is CC(C)(C)c1cc(-c2nc(-c3cc(C(C)(C)C)cc(C(C)(C)C)c3)nc(-c3cc4c5c(c3)N(c3cc(C(C)(C)C)cc(C(C)(C)C)c3)c3cc6c(ccc7ccccc76)cc3B5c3cc5ccc6ccccc6c5cc3N4c3cc(C(C)(C)C)cc(C(C)(C)C)c3)n2)cc(C(C)(C)C)c1. The number of anilines is 6. The number of benzene rings is 11. The highest BCUT2D eigenvalue weighted by atomic mass is 15.2. The molecule has 0 amide bonds. The molecule has 502 valence electrons. The third-order valence-electron chi connectivity index (χ3n) is 21.4. The van der Waals surface area contributed by atoms with E-state index in [9.17, 15) is 0 Å². The van der Waals surface area contributed by atoms with E-state index in [1.54, 1.807) is 0 Å². The number of hydrogen-bond donors (Lipinski definition) is 0. The van der Waals surface area contributed by atoms with Crippen LogP contribution in [-0.2, 0) is 43.3 Å². The monoisotopic (exact) mass is 1300 g/mol. The predicted molar refractivity (Wildman–Crippen MR) is 430 cm³/mol. The highest BCUT2D eigenvalue weighted by Gasteiger charge is 2.45. The third-order valence-corrected chi connectivity index (χ3v) is 21.4. The van der Waals surface area contributed by atoms with Gasteiger partial charge in [-0.25, -0.2) is 15.0 Å². The van der Waals surface area contributed by atoms with Gasteiger partial charge in [-0.05, 0) is 220 Å². The molecule has 0 fully saturated rings. The maximum Gasteiger partial charge on any atom is 0.252 e. The minimum absolute atomic E-state index is 0.155. The van der Waals surface area contributed by atoms with Gasteiger partial charge in [0.05, 0.1) is 0 Å². The van der Waals surface area contributed by atoms with E-state index in [0.717, 1.165) is 50.8 Å². The molecule has 3 heterocycles. The summed E-state index contributed by atoms with van der Waals surface area (Å²) in [7, 11) is 0. The average Bonchev–Trinajstić information content (AvgIpc) is 0.687. The molecule has 0 spiro atoms. The average molecular weight is 1300 g/mol. The molecule has 99 heavy (non-hydrogen) atoms. The van der Waals surface area contributed by atoms with Crippen LogP contribution in [0.3, 0.4) is 0 Å². The van der Waals surface area contributed by atoms with Crippen LogP contribution >= 0.6 is 0 Å². The second kappa shape index (κ2) is 22.8. The molecule has 12 aromatic rings. The Bertz CT molecular complexity index is 4850. The van der Waals surface area contributed by atoms with Crippen LogP contribution < -0.4 is 26.2 Å². The van der Waals surface area contributed by atoms with Crippen LogP contribution in [0, 0.1) is 0 Å². The normalized spacial score (nSPS) is 14.0. The van der Waals surface area contributed by atoms with Crippen molar-refractivity contribution in [3.8, 4) is 34.2 Å². The van der Waals surface area contributed by atoms with Gasteiger partial charge in [0.25, 0.3) is 6.71 Å². The van der Waals surface area contributed by atoms with Crippen LogP contribution in [0.15, 0.2) is 182 Å². The van der Waals surface area contributed by atoms with Gasteiger partial charge in [0.2, 0.25) is 0 Å². The number of aromatic nitrogens is 3. The van der Waals surface area contributed by atoms with Crippen LogP contribution in [0.1, 0.15) is 211 Å². The van der Waals surface area contributed by atoms with Gasteiger partial charge >= 0.3 is 0 Å². The lowest BCUT2D eigenvalue weighted by atomic mass is 9.33. The first-order valence-electron chi connectivity index (χ1n) is 36.2. The molecule has 0 saturated carbocycles. The van der Waals surface area contributed by atoms with E-state index in [2.05, 4.69) is 358 Å². The van der Waals surface area contributed by atoms with Gasteiger partial charge in [0, 0.05) is 50.8 Å². The first-order valence-corrected chi connectivity index (χ1v) is 36.2. The molecule has 0 radical (unpaired) electrons. The van der Waals surface area contributed by atoms with Gasteiger partial charge in [0.1, 0.15) is 0 Å². The summed E-state index contributed by atoms with van der Waals surface area (Å²) >= 11 is 0. The molecule has 2 aliphatic heterocycles. The second-order valence-corrected chi connectivity index (χ2v) is 37.3. The second-order valence-electron chi connectivity index (χ2n) is 37.3. The Hall–Kier alpha value is -8.87. The third kappa shape index (κ3) is 12.2. The zero-order valence-corrected chi connectivity index (χ0v) is 63.6. The molecule has 11 aromatic carbocycles. The fraction of sp³-hybridized carbons (Fsp3) is 0.344. The highest BCUT2D eigenvalue weighted by molar-refractivity contribution is 7.00. The zero-order valence-electron chi connectivity index (χ0n) is 63.6. The summed E-state index contributed by atoms with van der Waals surface area (Å²) in [4.78, 5) is 22.8. The summed E-state index contributed by atoms with van der Waals surface area (Å²) in [6.07, 6.45) is 0. The molecule has 0 saturated heterocycles. The summed E-state index contributed by atoms with van der Waals surface area (Å²) in [6, 6.07) is 71.3. The lowest BCUT2D eigenvalue weighted by Gasteiger charge is -2.45. The summed E-state index contributed by atoms with van der Waals surface area (Å²) in [5.41, 5.74) is 22.2. The van der Waals surface area contributed by atoms with Crippen molar-refractivity contribution in [2.45, 2.75) is 209 Å². The summed E-state index contributed by atoms with van der Waals surface area (Å²) in [6.45, 7) is 55.9. The number of rotatable bonds is 5. The topological polar surface area (TPSA) is 45.2 Å². The van der Waals surface area contributed by atoms with E-state index in [4.69, 9.17) is 15.0 Å². The van der Waals surface area contributed by atoms with Crippen molar-refractivity contribution in [3.63, 3.8) is 0 Å². The Labute approximate surface area is 591 Å². The Morgan fingerprint density at radius 3 is 0.798 bits per heavy atom. The van der Waals surface area contributed by atoms with Crippen molar-refractivity contribution < 1.29 is 0 Å². The summed E-state index contributed by atoms with van der Waals surface area (Å²) in [5.74, 6) is 1.91. The number of nitrogens with zero attached hydrogens (tertiary/aromatic N) is 5. The lowest BCUT2D eigenvalue weighted by molar-refractivity contribution is 0.568. The predicted octanol–water partition coefficient (Wildman–Crippen LogP) is 23.9. The molecular weight excluding hydrogens is 1200 g/mol. The molecule has 6 heteroatoms. The van der Waals surface area contributed by atoms with Gasteiger partial charge in [0.15, 0.2) is 17.5 Å². The van der Waals surface area contributed by atoms with Crippen LogP contribution in [0.2, 0.25) is 0 Å². The molecule has 2 aliphatic rings. The Balaban J connectivity index is 1.20. The van der Waals surface area contributed by atoms with Crippen LogP contribution in [-0.4, -0.2) is 21.7 Å². The number of hydrogen-bond acceptors (Lipinski definition) is 5. The Kier molecular flexibility index (Phi) is 15.5. The fourth-order valence-electron chi connectivity index (χ4n) is 14.9. The molecule has 1 aromatic heterocycles. The molecule has 0 N–H and O–H groups in total. The van der Waals surface area contributed by atoms with Crippen molar-refractivity contribution in [1.82, 2.24) is 15.0 Å². The smallest absolute Gasteiger partial charge is 0.252 e. The summed E-state index contributed by atoms with van der Waals surface area (Å²) < 4.78 is 0. The molecular formula is C93H102BN5. The standard InChI is InChI=1S/C93H102BN5/c1-86(2,3)62-37-59(38-63(45-62)87(4,5)6)83-95-84(60-39-64(88(7,8)9)46-65(40-60)89(10,11)12)97-85(96-83)61-43-80-82-81(44-61)99(71-51-68(92(19,20)21)48-69(52-71)93(22,23)24)79-54-75-58(36-34-56-30-26-28-32-73(56)75)42-77(79)94(82)76-41-57-35-33-55-29-25-27-31-72(55)74(57)53-78(76)98(80)70-49-66(90(13,14)15)47-67(50-70)91(16,17)18/h25-54H,1-24H3. The van der Waals surface area contributed by atoms with Crippen molar-refractivity contribution in [1.29, 1.82) is 0 Å². The minimum atomic E-state index is -0.203. The highest BCUT2D eigenvalue weighted by Crippen LogP contribution is 2.51. The van der Waals surface area contributed by atoms with Crippen LogP contribution in [0.4, 0.5) is 34.1 Å². The molecule has 0 aliphatic carbocycles. The molecule has 0 unspecified atom stereocenters. The maximum atomic E-state index is 5.91. The van der Waals surface area contributed by atoms with E-state index in [0.29, 0.717) is 17.5 Å². The first-order chi connectivity index (χ1) is 46.1. The lowest BCUT2D eigenvalue weighted by Crippen LogP contribution is -2.61. The van der Waals surface area contributed by atoms with Crippen LogP contribution in [0.5, 0.6) is 0 Å². The van der Waals surface area contributed by atoms with E-state index >= 15 is 0 Å². The van der Waals surface area contributed by atoms with E-state index in [1.165, 1.54) is 104 Å². The van der Waals surface area contributed by atoms with E-state index in [-0.39, 0.29) is 50.0 Å². The van der Waals surface area contributed by atoms with Crippen molar-refractivity contribution >= 4 is 100 Å². The summed E-state index contributed by atoms with van der Waals surface area (Å²) in [5, 5.41) is 9.80. The molecule has 0 bridgehead atoms. The molecule has 0 atom stereocenters. The minimum Gasteiger partial charge on any atom is -0.311 e. The van der Waals surface area contributed by atoms with E-state index in [1.807, 2.05) is 0 Å². The van der Waals surface area contributed by atoms with Crippen LogP contribution in [0.25, 0.3) is 77.3 Å². The van der Waals surface area contributed by atoms with Gasteiger partial charge in [-0.2, -0.15) is 0 Å². The largest absolute Gasteiger partial charge is 0.311 e. The van der Waals surface area contributed by atoms with E-state index < -0.39 is 0 Å². The zero-order chi connectivity index (χ0) is 71.0. The van der Waals surface area contributed by atoms with Crippen molar-refractivity contribution in [2.24, 2.45) is 0 Å². The van der Waals surface area contributed by atoms with Gasteiger partial charge in [-0.3, -0.25) is 0 Å². The van der Waals surface area contributed by atoms with Gasteiger partial charge < -0.3 is 9.80 Å². The van der Waals surface area contributed by atoms with Gasteiger partial charge in [-0.1, -0.05) is 275 Å². The van der Waals surface area contributed by atoms with Gasteiger partial charge in [-0.15, -0.1) is 0 Å². The molecule has 5 nitrogen and oxygen atoms in total.